The molecule has 0 aliphatic rings. The van der Waals surface area contributed by atoms with E-state index in [0.717, 1.165) is 10.6 Å². The highest BCUT2D eigenvalue weighted by molar-refractivity contribution is 7.99. The van der Waals surface area contributed by atoms with Gasteiger partial charge in [0.2, 0.25) is 0 Å². The molecule has 4 heteroatoms. The maximum absolute atomic E-state index is 9.26. The van der Waals surface area contributed by atoms with E-state index in [9.17, 15) is 10.4 Å². The highest BCUT2D eigenvalue weighted by Gasteiger charge is 2.10. The summed E-state index contributed by atoms with van der Waals surface area (Å²) in [5.74, 6) is 2.21. The average molecular weight is 271 g/mol. The minimum Gasteiger partial charge on any atom is -0.508 e. The van der Waals surface area contributed by atoms with Crippen molar-refractivity contribution in [1.29, 1.82) is 5.26 Å². The highest BCUT2D eigenvalue weighted by Crippen LogP contribution is 2.32. The molecule has 2 aromatic rings. The monoisotopic (exact) mass is 271 g/mol. The minimum atomic E-state index is 0.183. The number of ether oxygens (including phenoxy) is 1. The van der Waals surface area contributed by atoms with Crippen molar-refractivity contribution in [2.75, 3.05) is 5.75 Å². The summed E-state index contributed by atoms with van der Waals surface area (Å²) >= 11 is 1.61. The van der Waals surface area contributed by atoms with E-state index in [0.29, 0.717) is 17.1 Å². The Bertz CT molecular complexity index is 603. The first kappa shape index (κ1) is 13.3. The van der Waals surface area contributed by atoms with Crippen molar-refractivity contribution in [2.24, 2.45) is 0 Å². The van der Waals surface area contributed by atoms with Gasteiger partial charge in [0.05, 0.1) is 0 Å². The predicted molar refractivity (Wildman–Crippen MR) is 75.7 cm³/mol. The molecule has 3 nitrogen and oxygen atoms in total. The number of aromatic hydroxyl groups is 1. The summed E-state index contributed by atoms with van der Waals surface area (Å²) in [6.45, 7) is 2.04. The number of hydrogen-bond acceptors (Lipinski definition) is 4. The molecule has 0 spiro atoms. The number of rotatable bonds is 4. The van der Waals surface area contributed by atoms with E-state index in [1.807, 2.05) is 19.1 Å². The Balaban J connectivity index is 2.32. The van der Waals surface area contributed by atoms with Crippen LogP contribution in [0.2, 0.25) is 0 Å². The first-order chi connectivity index (χ1) is 9.24. The Kier molecular flexibility index (Phi) is 4.32. The first-order valence-electron chi connectivity index (χ1n) is 5.87. The zero-order chi connectivity index (χ0) is 13.7. The van der Waals surface area contributed by atoms with E-state index in [1.54, 1.807) is 42.1 Å². The molecule has 0 saturated carbocycles. The van der Waals surface area contributed by atoms with Crippen molar-refractivity contribution in [3.8, 4) is 23.3 Å². The topological polar surface area (TPSA) is 53.2 Å². The van der Waals surface area contributed by atoms with Gasteiger partial charge in [-0.1, -0.05) is 13.0 Å². The number of thioether (sulfide) groups is 1. The fourth-order valence-electron chi connectivity index (χ4n) is 1.62. The van der Waals surface area contributed by atoms with E-state index in [-0.39, 0.29) is 5.75 Å². The second-order valence-corrected chi connectivity index (χ2v) is 5.08. The van der Waals surface area contributed by atoms with Crippen LogP contribution in [0.25, 0.3) is 0 Å². The summed E-state index contributed by atoms with van der Waals surface area (Å²) in [5, 5.41) is 18.5. The van der Waals surface area contributed by atoms with Gasteiger partial charge in [0.25, 0.3) is 0 Å². The molecule has 2 rings (SSSR count). The lowest BCUT2D eigenvalue weighted by Gasteiger charge is -2.10. The zero-order valence-electron chi connectivity index (χ0n) is 10.5. The summed E-state index contributed by atoms with van der Waals surface area (Å²) in [6.07, 6.45) is 0. The standard InChI is InChI=1S/C15H13NO2S/c1-2-19-15-5-3-4-14(13(15)10-16)18-12-8-6-11(17)7-9-12/h3-9,17H,2H2,1H3. The highest BCUT2D eigenvalue weighted by atomic mass is 32.2. The molecule has 0 atom stereocenters. The fraction of sp³-hybridized carbons (Fsp3) is 0.133. The molecule has 0 heterocycles. The Morgan fingerprint density at radius 2 is 1.95 bits per heavy atom. The van der Waals surface area contributed by atoms with E-state index >= 15 is 0 Å². The molecule has 0 unspecified atom stereocenters. The van der Waals surface area contributed by atoms with Crippen LogP contribution in [0, 0.1) is 11.3 Å². The molecule has 0 aromatic heterocycles. The summed E-state index contributed by atoms with van der Waals surface area (Å²) in [6, 6.07) is 14.2. The van der Waals surface area contributed by atoms with Gasteiger partial charge in [-0.15, -0.1) is 11.8 Å². The molecule has 0 fully saturated rings. The molecule has 0 aliphatic carbocycles. The lowest BCUT2D eigenvalue weighted by Crippen LogP contribution is -1.90. The smallest absolute Gasteiger partial charge is 0.146 e. The molecule has 96 valence electrons. The van der Waals surface area contributed by atoms with Gasteiger partial charge in [0, 0.05) is 4.90 Å². The number of nitriles is 1. The first-order valence-corrected chi connectivity index (χ1v) is 6.86. The quantitative estimate of drug-likeness (QED) is 0.848. The summed E-state index contributed by atoms with van der Waals surface area (Å²) < 4.78 is 5.70. The maximum atomic E-state index is 9.26. The Labute approximate surface area is 116 Å². The average Bonchev–Trinajstić information content (AvgIpc) is 2.42. The number of phenols is 1. The van der Waals surface area contributed by atoms with Crippen LogP contribution in [-0.2, 0) is 0 Å². The van der Waals surface area contributed by atoms with Gasteiger partial charge in [-0.05, 0) is 42.2 Å². The van der Waals surface area contributed by atoms with Crippen LogP contribution in [0.3, 0.4) is 0 Å². The number of nitrogens with zero attached hydrogens (tertiary/aromatic N) is 1. The van der Waals surface area contributed by atoms with Crippen LogP contribution in [-0.4, -0.2) is 10.9 Å². The summed E-state index contributed by atoms with van der Waals surface area (Å²) in [4.78, 5) is 0.918. The molecule has 2 aromatic carbocycles. The van der Waals surface area contributed by atoms with Gasteiger partial charge in [-0.2, -0.15) is 5.26 Å². The lowest BCUT2D eigenvalue weighted by molar-refractivity contribution is 0.463. The normalized spacial score (nSPS) is 9.89. The number of hydrogen-bond donors (Lipinski definition) is 1. The molecule has 19 heavy (non-hydrogen) atoms. The van der Waals surface area contributed by atoms with E-state index in [1.165, 1.54) is 0 Å². The van der Waals surface area contributed by atoms with Crippen molar-refractivity contribution in [3.63, 3.8) is 0 Å². The Morgan fingerprint density at radius 1 is 1.21 bits per heavy atom. The molecule has 0 radical (unpaired) electrons. The summed E-state index contributed by atoms with van der Waals surface area (Å²) in [7, 11) is 0. The van der Waals surface area contributed by atoms with Crippen LogP contribution < -0.4 is 4.74 Å². The van der Waals surface area contributed by atoms with Gasteiger partial charge >= 0.3 is 0 Å². The van der Waals surface area contributed by atoms with Crippen LogP contribution >= 0.6 is 11.8 Å². The molecule has 1 N–H and O–H groups in total. The zero-order valence-corrected chi connectivity index (χ0v) is 11.3. The van der Waals surface area contributed by atoms with Crippen molar-refractivity contribution >= 4 is 11.8 Å². The van der Waals surface area contributed by atoms with Gasteiger partial charge in [-0.25, -0.2) is 0 Å². The SMILES string of the molecule is CCSc1cccc(Oc2ccc(O)cc2)c1C#N. The van der Waals surface area contributed by atoms with Crippen molar-refractivity contribution in [3.05, 3.63) is 48.0 Å². The lowest BCUT2D eigenvalue weighted by atomic mass is 10.2. The van der Waals surface area contributed by atoms with E-state index in [2.05, 4.69) is 6.07 Å². The molecule has 0 saturated heterocycles. The summed E-state index contributed by atoms with van der Waals surface area (Å²) in [5.41, 5.74) is 0.544. The van der Waals surface area contributed by atoms with Crippen LogP contribution in [0.15, 0.2) is 47.4 Å². The van der Waals surface area contributed by atoms with Crippen LogP contribution in [0.4, 0.5) is 0 Å². The second-order valence-electron chi connectivity index (χ2n) is 3.77. The predicted octanol–water partition coefficient (Wildman–Crippen LogP) is 4.17. The molecular weight excluding hydrogens is 258 g/mol. The Hall–Kier alpha value is -2.12. The number of phenolic OH excluding ortho intramolecular Hbond substituents is 1. The van der Waals surface area contributed by atoms with Gasteiger partial charge in [0.1, 0.15) is 28.9 Å². The largest absolute Gasteiger partial charge is 0.508 e. The van der Waals surface area contributed by atoms with Gasteiger partial charge in [-0.3, -0.25) is 0 Å². The van der Waals surface area contributed by atoms with E-state index < -0.39 is 0 Å². The Morgan fingerprint density at radius 3 is 2.58 bits per heavy atom. The van der Waals surface area contributed by atoms with Gasteiger partial charge < -0.3 is 9.84 Å². The van der Waals surface area contributed by atoms with E-state index in [4.69, 9.17) is 4.74 Å². The third kappa shape index (κ3) is 3.21. The molecule has 0 aliphatic heterocycles. The maximum Gasteiger partial charge on any atom is 0.146 e. The van der Waals surface area contributed by atoms with Crippen molar-refractivity contribution in [1.82, 2.24) is 0 Å². The third-order valence-electron chi connectivity index (χ3n) is 2.46. The number of benzene rings is 2. The molecule has 0 amide bonds. The van der Waals surface area contributed by atoms with Crippen LogP contribution in [0.1, 0.15) is 12.5 Å². The second kappa shape index (κ2) is 6.17. The van der Waals surface area contributed by atoms with Crippen molar-refractivity contribution in [2.45, 2.75) is 11.8 Å². The van der Waals surface area contributed by atoms with Gasteiger partial charge in [0.15, 0.2) is 0 Å². The molecular formula is C15H13NO2S. The fourth-order valence-corrected chi connectivity index (χ4v) is 2.40. The third-order valence-corrected chi connectivity index (χ3v) is 3.40. The molecule has 0 bridgehead atoms. The van der Waals surface area contributed by atoms with Crippen molar-refractivity contribution < 1.29 is 9.84 Å². The minimum absolute atomic E-state index is 0.183. The van der Waals surface area contributed by atoms with Crippen LogP contribution in [0.5, 0.6) is 17.2 Å².